The lowest BCUT2D eigenvalue weighted by atomic mass is 10.3. The Morgan fingerprint density at radius 1 is 1.21 bits per heavy atom. The van der Waals surface area contributed by atoms with E-state index in [1.807, 2.05) is 37.3 Å². The standard InChI is InChI=1S/C11H10N3/c1-9-12-8-7-11(13-9)14-10-5-3-2-4-6-10/h2-7H,1H3,(H,12,13,14). The highest BCUT2D eigenvalue weighted by Crippen LogP contribution is 2.12. The smallest absolute Gasteiger partial charge is 0.134 e. The molecule has 0 spiro atoms. The molecule has 1 aromatic heterocycles. The highest BCUT2D eigenvalue weighted by molar-refractivity contribution is 5.54. The summed E-state index contributed by atoms with van der Waals surface area (Å²) < 4.78 is 0. The van der Waals surface area contributed by atoms with E-state index in [1.54, 1.807) is 6.07 Å². The van der Waals surface area contributed by atoms with Crippen molar-refractivity contribution in [2.45, 2.75) is 6.92 Å². The van der Waals surface area contributed by atoms with Gasteiger partial charge in [-0.1, -0.05) is 18.2 Å². The van der Waals surface area contributed by atoms with Crippen molar-refractivity contribution in [2.24, 2.45) is 0 Å². The first-order valence-electron chi connectivity index (χ1n) is 4.38. The number of aryl methyl sites for hydroxylation is 1. The van der Waals surface area contributed by atoms with Gasteiger partial charge in [-0.25, -0.2) is 9.97 Å². The van der Waals surface area contributed by atoms with E-state index in [2.05, 4.69) is 21.5 Å². The lowest BCUT2D eigenvalue weighted by Gasteiger charge is -2.04. The molecule has 2 rings (SSSR count). The molecule has 69 valence electrons. The van der Waals surface area contributed by atoms with Crippen LogP contribution >= 0.6 is 0 Å². The first kappa shape index (κ1) is 8.69. The molecule has 1 heterocycles. The summed E-state index contributed by atoms with van der Waals surface area (Å²) in [4.78, 5) is 8.12. The third-order valence-electron chi connectivity index (χ3n) is 1.76. The van der Waals surface area contributed by atoms with Crippen molar-refractivity contribution in [3.63, 3.8) is 0 Å². The number of aromatic nitrogens is 2. The number of para-hydroxylation sites is 1. The molecule has 1 radical (unpaired) electrons. The molecule has 0 saturated heterocycles. The van der Waals surface area contributed by atoms with Crippen molar-refractivity contribution in [3.8, 4) is 0 Å². The largest absolute Gasteiger partial charge is 0.340 e. The SMILES string of the molecule is Cc1n[c]cc(Nc2ccccc2)n1. The van der Waals surface area contributed by atoms with Gasteiger partial charge in [0.2, 0.25) is 0 Å². The zero-order valence-electron chi connectivity index (χ0n) is 7.86. The number of nitrogens with one attached hydrogen (secondary N) is 1. The number of hydrogen-bond acceptors (Lipinski definition) is 3. The van der Waals surface area contributed by atoms with Crippen LogP contribution in [-0.2, 0) is 0 Å². The van der Waals surface area contributed by atoms with E-state index in [0.717, 1.165) is 11.5 Å². The Morgan fingerprint density at radius 3 is 2.71 bits per heavy atom. The van der Waals surface area contributed by atoms with Crippen molar-refractivity contribution in [1.82, 2.24) is 9.97 Å². The Kier molecular flexibility index (Phi) is 2.40. The second kappa shape index (κ2) is 3.87. The highest BCUT2D eigenvalue weighted by atomic mass is 15.0. The van der Waals surface area contributed by atoms with Crippen LogP contribution in [0.15, 0.2) is 36.4 Å². The molecule has 3 nitrogen and oxygen atoms in total. The summed E-state index contributed by atoms with van der Waals surface area (Å²) in [6.45, 7) is 1.84. The maximum atomic E-state index is 4.21. The molecule has 0 saturated carbocycles. The molecule has 1 aromatic carbocycles. The molecular weight excluding hydrogens is 174 g/mol. The molecule has 2 aromatic rings. The minimum Gasteiger partial charge on any atom is -0.340 e. The number of nitrogens with zero attached hydrogens (tertiary/aromatic N) is 2. The number of anilines is 2. The molecule has 0 aliphatic rings. The van der Waals surface area contributed by atoms with Crippen LogP contribution in [0.25, 0.3) is 0 Å². The quantitative estimate of drug-likeness (QED) is 0.778. The van der Waals surface area contributed by atoms with Crippen molar-refractivity contribution in [3.05, 3.63) is 48.4 Å². The predicted molar refractivity (Wildman–Crippen MR) is 55.3 cm³/mol. The van der Waals surface area contributed by atoms with Crippen molar-refractivity contribution < 1.29 is 0 Å². The third kappa shape index (κ3) is 2.07. The molecule has 0 bridgehead atoms. The summed E-state index contributed by atoms with van der Waals surface area (Å²) in [5.41, 5.74) is 1.01. The van der Waals surface area contributed by atoms with Gasteiger partial charge in [-0.2, -0.15) is 0 Å². The molecule has 1 N–H and O–H groups in total. The lowest BCUT2D eigenvalue weighted by molar-refractivity contribution is 1.05. The normalized spacial score (nSPS) is 9.79. The van der Waals surface area contributed by atoms with Gasteiger partial charge in [0.25, 0.3) is 0 Å². The zero-order valence-corrected chi connectivity index (χ0v) is 7.86. The second-order valence-corrected chi connectivity index (χ2v) is 2.92. The number of rotatable bonds is 2. The van der Waals surface area contributed by atoms with Gasteiger partial charge in [-0.3, -0.25) is 0 Å². The van der Waals surface area contributed by atoms with Crippen LogP contribution in [0, 0.1) is 13.1 Å². The number of hydrogen-bond donors (Lipinski definition) is 1. The van der Waals surface area contributed by atoms with Gasteiger partial charge in [0.1, 0.15) is 11.6 Å². The summed E-state index contributed by atoms with van der Waals surface area (Å²) in [6, 6.07) is 11.6. The van der Waals surface area contributed by atoms with Crippen LogP contribution in [0.2, 0.25) is 0 Å². The van der Waals surface area contributed by atoms with E-state index in [4.69, 9.17) is 0 Å². The van der Waals surface area contributed by atoms with Crippen LogP contribution < -0.4 is 5.32 Å². The second-order valence-electron chi connectivity index (χ2n) is 2.92. The Balaban J connectivity index is 2.19. The Hall–Kier alpha value is -1.90. The van der Waals surface area contributed by atoms with Crippen molar-refractivity contribution in [2.75, 3.05) is 5.32 Å². The fraction of sp³-hybridized carbons (Fsp3) is 0.0909. The average molecular weight is 184 g/mol. The van der Waals surface area contributed by atoms with Crippen LogP contribution in [0.4, 0.5) is 11.5 Å². The summed E-state index contributed by atoms with van der Waals surface area (Å²) in [5.74, 6) is 1.48. The minimum atomic E-state index is 0.714. The summed E-state index contributed by atoms with van der Waals surface area (Å²) in [7, 11) is 0. The van der Waals surface area contributed by atoms with Crippen molar-refractivity contribution >= 4 is 11.5 Å². The molecule has 14 heavy (non-hydrogen) atoms. The molecule has 0 aliphatic carbocycles. The molecule has 0 aliphatic heterocycles. The van der Waals surface area contributed by atoms with Crippen LogP contribution in [0.1, 0.15) is 5.82 Å². The van der Waals surface area contributed by atoms with Gasteiger partial charge in [-0.15, -0.1) is 0 Å². The zero-order chi connectivity index (χ0) is 9.80. The van der Waals surface area contributed by atoms with E-state index in [0.29, 0.717) is 5.82 Å². The third-order valence-corrected chi connectivity index (χ3v) is 1.76. The Labute approximate surface area is 82.8 Å². The Bertz CT molecular complexity index is 412. The van der Waals surface area contributed by atoms with E-state index in [-0.39, 0.29) is 0 Å². The lowest BCUT2D eigenvalue weighted by Crippen LogP contribution is -1.95. The van der Waals surface area contributed by atoms with Gasteiger partial charge in [0, 0.05) is 11.8 Å². The van der Waals surface area contributed by atoms with Gasteiger partial charge >= 0.3 is 0 Å². The first-order valence-corrected chi connectivity index (χ1v) is 4.38. The minimum absolute atomic E-state index is 0.714. The first-order chi connectivity index (χ1) is 6.84. The predicted octanol–water partition coefficient (Wildman–Crippen LogP) is 2.33. The molecule has 0 amide bonds. The van der Waals surface area contributed by atoms with Gasteiger partial charge < -0.3 is 5.32 Å². The summed E-state index contributed by atoms with van der Waals surface area (Å²) in [5, 5.41) is 3.16. The van der Waals surface area contributed by atoms with Gasteiger partial charge in [0.05, 0.1) is 6.20 Å². The molecule has 0 unspecified atom stereocenters. The summed E-state index contributed by atoms with van der Waals surface area (Å²) >= 11 is 0. The summed E-state index contributed by atoms with van der Waals surface area (Å²) in [6.07, 6.45) is 2.77. The molecular formula is C11H10N3. The van der Waals surface area contributed by atoms with Crippen LogP contribution in [0.3, 0.4) is 0 Å². The Morgan fingerprint density at radius 2 is 2.00 bits per heavy atom. The van der Waals surface area contributed by atoms with Crippen molar-refractivity contribution in [1.29, 1.82) is 0 Å². The fourth-order valence-corrected chi connectivity index (χ4v) is 1.15. The van der Waals surface area contributed by atoms with Crippen LogP contribution in [0.5, 0.6) is 0 Å². The highest BCUT2D eigenvalue weighted by Gasteiger charge is 1.95. The van der Waals surface area contributed by atoms with E-state index in [9.17, 15) is 0 Å². The monoisotopic (exact) mass is 184 g/mol. The average Bonchev–Trinajstić information content (AvgIpc) is 2.19. The fourth-order valence-electron chi connectivity index (χ4n) is 1.15. The maximum Gasteiger partial charge on any atom is 0.134 e. The van der Waals surface area contributed by atoms with E-state index < -0.39 is 0 Å². The van der Waals surface area contributed by atoms with E-state index >= 15 is 0 Å². The number of benzene rings is 1. The molecule has 0 atom stereocenters. The van der Waals surface area contributed by atoms with Gasteiger partial charge in [0.15, 0.2) is 0 Å². The van der Waals surface area contributed by atoms with E-state index in [1.165, 1.54) is 0 Å². The topological polar surface area (TPSA) is 37.8 Å². The molecule has 3 heteroatoms. The van der Waals surface area contributed by atoms with Crippen LogP contribution in [-0.4, -0.2) is 9.97 Å². The molecule has 0 fully saturated rings. The maximum absolute atomic E-state index is 4.21. The van der Waals surface area contributed by atoms with Gasteiger partial charge in [-0.05, 0) is 19.1 Å².